The van der Waals surface area contributed by atoms with Crippen LogP contribution in [-0.4, -0.2) is 32.0 Å². The first-order chi connectivity index (χ1) is 16.3. The Morgan fingerprint density at radius 3 is 2.76 bits per heavy atom. The second-order valence-corrected chi connectivity index (χ2v) is 12.1. The number of aromatic nitrogens is 1. The van der Waals surface area contributed by atoms with E-state index in [4.69, 9.17) is 4.74 Å². The van der Waals surface area contributed by atoms with Crippen molar-refractivity contribution in [2.45, 2.75) is 45.6 Å². The molecule has 34 heavy (non-hydrogen) atoms. The molecule has 1 fully saturated rings. The van der Waals surface area contributed by atoms with Gasteiger partial charge in [0.15, 0.2) is 0 Å². The minimum atomic E-state index is -2.93. The van der Waals surface area contributed by atoms with Gasteiger partial charge in [0.25, 0.3) is 0 Å². The van der Waals surface area contributed by atoms with E-state index in [0.717, 1.165) is 40.1 Å². The van der Waals surface area contributed by atoms with E-state index in [2.05, 4.69) is 60.5 Å². The van der Waals surface area contributed by atoms with E-state index >= 15 is 0 Å². The molecular formula is C28H32N2O3S. The van der Waals surface area contributed by atoms with Gasteiger partial charge in [-0.15, -0.1) is 0 Å². The third kappa shape index (κ3) is 4.97. The Morgan fingerprint density at radius 2 is 1.97 bits per heavy atom. The summed E-state index contributed by atoms with van der Waals surface area (Å²) in [6.45, 7) is 5.34. The Bertz CT molecular complexity index is 1330. The molecule has 3 aromatic rings. The second kappa shape index (κ2) is 9.06. The van der Waals surface area contributed by atoms with E-state index in [1.807, 2.05) is 12.3 Å². The molecule has 0 saturated heterocycles. The van der Waals surface area contributed by atoms with Crippen LogP contribution in [0.2, 0.25) is 0 Å². The van der Waals surface area contributed by atoms with Crippen molar-refractivity contribution in [1.29, 1.82) is 0 Å². The highest BCUT2D eigenvalue weighted by Crippen LogP contribution is 2.56. The van der Waals surface area contributed by atoms with Crippen molar-refractivity contribution in [3.8, 4) is 16.9 Å². The predicted molar refractivity (Wildman–Crippen MR) is 137 cm³/mol. The van der Waals surface area contributed by atoms with Crippen LogP contribution in [0, 0.1) is 19.8 Å². The van der Waals surface area contributed by atoms with Crippen molar-refractivity contribution in [3.05, 3.63) is 76.5 Å². The maximum absolute atomic E-state index is 11.3. The average molecular weight is 477 g/mol. The van der Waals surface area contributed by atoms with Gasteiger partial charge in [0.1, 0.15) is 28.0 Å². The molecule has 2 aliphatic rings. The molecule has 0 amide bonds. The fourth-order valence-electron chi connectivity index (χ4n) is 5.13. The summed E-state index contributed by atoms with van der Waals surface area (Å²) < 4.78 is 28.8. The quantitative estimate of drug-likeness (QED) is 0.416. The maximum atomic E-state index is 11.3. The summed E-state index contributed by atoms with van der Waals surface area (Å²) in [5.74, 6) is 3.59. The third-order valence-electron chi connectivity index (χ3n) is 7.16. The van der Waals surface area contributed by atoms with Gasteiger partial charge in [0.2, 0.25) is 0 Å². The summed E-state index contributed by atoms with van der Waals surface area (Å²) in [4.78, 5) is 4.57. The van der Waals surface area contributed by atoms with Crippen LogP contribution >= 0.6 is 0 Å². The zero-order chi connectivity index (χ0) is 23.9. The molecule has 1 saturated carbocycles. The predicted octanol–water partition coefficient (Wildman–Crippen LogP) is 5.45. The molecule has 1 aromatic heterocycles. The SMILES string of the molecule is Cc1cc(NCCCS(C)(=O)=O)ncc1-c1cccc(COc2ccc3c(c2)CC2CC32)c1C. The first-order valence-electron chi connectivity index (χ1n) is 12.0. The summed E-state index contributed by atoms with van der Waals surface area (Å²) in [5.41, 5.74) is 8.75. The smallest absolute Gasteiger partial charge is 0.147 e. The minimum absolute atomic E-state index is 0.178. The van der Waals surface area contributed by atoms with E-state index in [-0.39, 0.29) is 5.75 Å². The molecule has 0 spiro atoms. The van der Waals surface area contributed by atoms with Crippen LogP contribution in [0.3, 0.4) is 0 Å². The van der Waals surface area contributed by atoms with Gasteiger partial charge in [-0.25, -0.2) is 13.4 Å². The lowest BCUT2D eigenvalue weighted by Gasteiger charge is -2.15. The van der Waals surface area contributed by atoms with Crippen LogP contribution < -0.4 is 10.1 Å². The summed E-state index contributed by atoms with van der Waals surface area (Å²) >= 11 is 0. The Balaban J connectivity index is 1.25. The third-order valence-corrected chi connectivity index (χ3v) is 8.19. The molecule has 6 heteroatoms. The highest BCUT2D eigenvalue weighted by atomic mass is 32.2. The standard InChI is InChI=1S/C28H32N2O3S/c1-18-12-28(29-10-5-11-34(3,31)32)30-16-27(18)24-7-4-6-20(19(24)2)17-33-23-8-9-25-21(14-23)13-22-15-26(22)25/h4,6-9,12,14,16,22,26H,5,10-11,13,15,17H2,1-3H3,(H,29,30). The van der Waals surface area contributed by atoms with Gasteiger partial charge in [-0.3, -0.25) is 0 Å². The number of pyridine rings is 1. The molecule has 2 aliphatic carbocycles. The fourth-order valence-corrected chi connectivity index (χ4v) is 5.79. The monoisotopic (exact) mass is 476 g/mol. The molecule has 2 aromatic carbocycles. The first-order valence-corrected chi connectivity index (χ1v) is 14.1. The maximum Gasteiger partial charge on any atom is 0.147 e. The zero-order valence-corrected chi connectivity index (χ0v) is 20.9. The van der Waals surface area contributed by atoms with Crippen molar-refractivity contribution in [2.75, 3.05) is 23.9 Å². The van der Waals surface area contributed by atoms with E-state index in [1.54, 1.807) is 0 Å². The van der Waals surface area contributed by atoms with Crippen molar-refractivity contribution in [2.24, 2.45) is 5.92 Å². The van der Waals surface area contributed by atoms with Crippen molar-refractivity contribution in [3.63, 3.8) is 0 Å². The molecule has 5 rings (SSSR count). The van der Waals surface area contributed by atoms with Crippen LogP contribution in [0.4, 0.5) is 5.82 Å². The Morgan fingerprint density at radius 1 is 1.12 bits per heavy atom. The number of hydrogen-bond acceptors (Lipinski definition) is 5. The minimum Gasteiger partial charge on any atom is -0.489 e. The number of ether oxygens (including phenoxy) is 1. The summed E-state index contributed by atoms with van der Waals surface area (Å²) in [6, 6.07) is 15.0. The van der Waals surface area contributed by atoms with Gasteiger partial charge in [0.05, 0.1) is 5.75 Å². The average Bonchev–Trinajstić information content (AvgIpc) is 3.46. The lowest BCUT2D eigenvalue weighted by Crippen LogP contribution is -2.10. The Labute approximate surface area is 202 Å². The van der Waals surface area contributed by atoms with E-state index in [0.29, 0.717) is 19.6 Å². The first kappa shape index (κ1) is 22.9. The number of rotatable bonds is 9. The molecule has 0 bridgehead atoms. The van der Waals surface area contributed by atoms with Crippen molar-refractivity contribution < 1.29 is 13.2 Å². The number of fused-ring (bicyclic) bond motifs is 3. The number of hydrogen-bond donors (Lipinski definition) is 1. The lowest BCUT2D eigenvalue weighted by molar-refractivity contribution is 0.305. The van der Waals surface area contributed by atoms with Gasteiger partial charge >= 0.3 is 0 Å². The fraction of sp³-hybridized carbons (Fsp3) is 0.393. The normalized spacial score (nSPS) is 18.3. The highest BCUT2D eigenvalue weighted by molar-refractivity contribution is 7.90. The van der Waals surface area contributed by atoms with E-state index in [1.165, 1.54) is 41.4 Å². The summed E-state index contributed by atoms with van der Waals surface area (Å²) in [5, 5.41) is 3.23. The van der Waals surface area contributed by atoms with Gasteiger partial charge in [-0.1, -0.05) is 24.3 Å². The molecule has 2 atom stereocenters. The largest absolute Gasteiger partial charge is 0.489 e. The topological polar surface area (TPSA) is 68.3 Å². The molecule has 1 N–H and O–H groups in total. The number of anilines is 1. The van der Waals surface area contributed by atoms with Gasteiger partial charge in [0, 0.05) is 24.6 Å². The molecule has 2 unspecified atom stereocenters. The molecule has 0 aliphatic heterocycles. The summed E-state index contributed by atoms with van der Waals surface area (Å²) in [7, 11) is -2.93. The number of nitrogens with one attached hydrogen (secondary N) is 1. The van der Waals surface area contributed by atoms with Crippen LogP contribution in [0.1, 0.15) is 46.6 Å². The van der Waals surface area contributed by atoms with Crippen LogP contribution in [0.15, 0.2) is 48.7 Å². The second-order valence-electron chi connectivity index (χ2n) is 9.84. The van der Waals surface area contributed by atoms with Gasteiger partial charge < -0.3 is 10.1 Å². The Kier molecular flexibility index (Phi) is 6.11. The number of nitrogens with zero attached hydrogens (tertiary/aromatic N) is 1. The van der Waals surface area contributed by atoms with E-state index < -0.39 is 9.84 Å². The summed E-state index contributed by atoms with van der Waals surface area (Å²) in [6.07, 6.45) is 6.30. The number of benzene rings is 2. The zero-order valence-electron chi connectivity index (χ0n) is 20.1. The number of aryl methyl sites for hydroxylation is 1. The molecule has 5 nitrogen and oxygen atoms in total. The molecule has 1 heterocycles. The molecule has 178 valence electrons. The van der Waals surface area contributed by atoms with Crippen molar-refractivity contribution >= 4 is 15.7 Å². The molecule has 0 radical (unpaired) electrons. The number of sulfone groups is 1. The van der Waals surface area contributed by atoms with Crippen LogP contribution in [-0.2, 0) is 22.9 Å². The molecular weight excluding hydrogens is 444 g/mol. The van der Waals surface area contributed by atoms with Gasteiger partial charge in [-0.2, -0.15) is 0 Å². The Hall–Kier alpha value is -2.86. The highest BCUT2D eigenvalue weighted by Gasteiger charge is 2.44. The van der Waals surface area contributed by atoms with Gasteiger partial charge in [-0.05, 0) is 96.5 Å². The van der Waals surface area contributed by atoms with Crippen LogP contribution in [0.5, 0.6) is 5.75 Å². The van der Waals surface area contributed by atoms with Crippen molar-refractivity contribution in [1.82, 2.24) is 4.98 Å². The lowest BCUT2D eigenvalue weighted by atomic mass is 9.95. The van der Waals surface area contributed by atoms with E-state index in [9.17, 15) is 8.42 Å². The van der Waals surface area contributed by atoms with Crippen LogP contribution in [0.25, 0.3) is 11.1 Å².